The van der Waals surface area contributed by atoms with Crippen LogP contribution in [0.2, 0.25) is 10.0 Å². The first-order chi connectivity index (χ1) is 9.79. The van der Waals surface area contributed by atoms with E-state index in [1.54, 1.807) is 26.0 Å². The Labute approximate surface area is 132 Å². The van der Waals surface area contributed by atoms with Crippen LogP contribution in [0.4, 0.5) is 4.79 Å². The highest BCUT2D eigenvalue weighted by atomic mass is 35.5. The molecule has 1 N–H and O–H groups in total. The van der Waals surface area contributed by atoms with Crippen molar-refractivity contribution in [1.82, 2.24) is 10.2 Å². The quantitative estimate of drug-likeness (QED) is 0.868. The third-order valence-electron chi connectivity index (χ3n) is 3.42. The van der Waals surface area contributed by atoms with E-state index in [2.05, 4.69) is 5.32 Å². The van der Waals surface area contributed by atoms with Crippen molar-refractivity contribution in [3.05, 3.63) is 33.8 Å². The number of amides is 3. The summed E-state index contributed by atoms with van der Waals surface area (Å²) in [6.45, 7) is 3.27. The minimum absolute atomic E-state index is 0.0436. The highest BCUT2D eigenvalue weighted by Gasteiger charge is 2.50. The molecular weight excluding hydrogens is 313 g/mol. The third kappa shape index (κ3) is 2.69. The molecular formula is C14H13Cl2N3O2. The van der Waals surface area contributed by atoms with Crippen LogP contribution >= 0.6 is 23.2 Å². The number of imide groups is 1. The van der Waals surface area contributed by atoms with E-state index in [1.807, 2.05) is 6.07 Å². The summed E-state index contributed by atoms with van der Waals surface area (Å²) in [6, 6.07) is 6.20. The smallest absolute Gasteiger partial charge is 0.319 e. The molecule has 1 saturated heterocycles. The molecule has 0 unspecified atom stereocenters. The van der Waals surface area contributed by atoms with Gasteiger partial charge in [0.15, 0.2) is 0 Å². The van der Waals surface area contributed by atoms with Gasteiger partial charge in [-0.05, 0) is 26.0 Å². The molecule has 1 aliphatic heterocycles. The van der Waals surface area contributed by atoms with Crippen LogP contribution in [0.25, 0.3) is 0 Å². The second-order valence-electron chi connectivity index (χ2n) is 5.13. The Bertz CT molecular complexity index is 656. The Hall–Kier alpha value is -1.77. The van der Waals surface area contributed by atoms with Gasteiger partial charge >= 0.3 is 6.03 Å². The second kappa shape index (κ2) is 5.55. The first kappa shape index (κ1) is 15.6. The van der Waals surface area contributed by atoms with Gasteiger partial charge in [-0.2, -0.15) is 5.26 Å². The summed E-state index contributed by atoms with van der Waals surface area (Å²) >= 11 is 12.0. The lowest BCUT2D eigenvalue weighted by atomic mass is 9.92. The number of halogens is 2. The van der Waals surface area contributed by atoms with Crippen LogP contribution in [0, 0.1) is 17.2 Å². The molecule has 3 amide bonds. The van der Waals surface area contributed by atoms with E-state index in [-0.39, 0.29) is 6.54 Å². The van der Waals surface area contributed by atoms with Crippen molar-refractivity contribution < 1.29 is 9.59 Å². The fraction of sp³-hybridized carbons (Fsp3) is 0.357. The number of benzene rings is 1. The van der Waals surface area contributed by atoms with Crippen LogP contribution in [-0.4, -0.2) is 23.4 Å². The molecule has 0 bridgehead atoms. The van der Waals surface area contributed by atoms with Gasteiger partial charge in [-0.15, -0.1) is 0 Å². The van der Waals surface area contributed by atoms with Crippen LogP contribution < -0.4 is 5.32 Å². The number of rotatable bonds is 3. The summed E-state index contributed by atoms with van der Waals surface area (Å²) in [4.78, 5) is 25.6. The summed E-state index contributed by atoms with van der Waals surface area (Å²) in [7, 11) is 0. The number of carbonyl (C=O) groups is 2. The fourth-order valence-electron chi connectivity index (χ4n) is 2.25. The van der Waals surface area contributed by atoms with Crippen LogP contribution in [-0.2, 0) is 10.3 Å². The van der Waals surface area contributed by atoms with Gasteiger partial charge in [0.1, 0.15) is 5.54 Å². The molecule has 1 aromatic carbocycles. The summed E-state index contributed by atoms with van der Waals surface area (Å²) in [5, 5.41) is 12.2. The molecule has 2 atom stereocenters. The highest BCUT2D eigenvalue weighted by Crippen LogP contribution is 2.35. The Morgan fingerprint density at radius 1 is 1.43 bits per heavy atom. The van der Waals surface area contributed by atoms with E-state index in [9.17, 15) is 9.59 Å². The lowest BCUT2D eigenvalue weighted by Crippen LogP contribution is -2.41. The van der Waals surface area contributed by atoms with E-state index in [0.717, 1.165) is 4.90 Å². The third-order valence-corrected chi connectivity index (χ3v) is 3.97. The molecule has 21 heavy (non-hydrogen) atoms. The second-order valence-corrected chi connectivity index (χ2v) is 5.97. The average Bonchev–Trinajstić information content (AvgIpc) is 2.62. The monoisotopic (exact) mass is 325 g/mol. The summed E-state index contributed by atoms with van der Waals surface area (Å²) in [5.41, 5.74) is -0.785. The standard InChI is InChI=1S/C14H13Cl2N3O2/c1-8(6-17)7-19-12(20)14(2,18-13(19)21)10-4-3-9(15)5-11(10)16/h3-5,8H,7H2,1-2H3,(H,18,21)/t8-,14+/m1/s1. The van der Waals surface area contributed by atoms with Crippen LogP contribution in [0.1, 0.15) is 19.4 Å². The zero-order valence-electron chi connectivity index (χ0n) is 11.5. The van der Waals surface area contributed by atoms with Gasteiger partial charge in [0.2, 0.25) is 0 Å². The number of hydrogen-bond donors (Lipinski definition) is 1. The Morgan fingerprint density at radius 2 is 2.10 bits per heavy atom. The lowest BCUT2D eigenvalue weighted by molar-refractivity contribution is -0.131. The minimum Gasteiger partial charge on any atom is -0.319 e. The Kier molecular flexibility index (Phi) is 4.13. The van der Waals surface area contributed by atoms with Gasteiger partial charge in [0, 0.05) is 22.2 Å². The van der Waals surface area contributed by atoms with Crippen molar-refractivity contribution in [3.63, 3.8) is 0 Å². The SMILES string of the molecule is C[C@H](C#N)CN1C(=O)N[C@@](C)(c2ccc(Cl)cc2Cl)C1=O. The topological polar surface area (TPSA) is 73.2 Å². The Morgan fingerprint density at radius 3 is 2.67 bits per heavy atom. The van der Waals surface area contributed by atoms with Gasteiger partial charge in [0.25, 0.3) is 5.91 Å². The molecule has 1 fully saturated rings. The molecule has 5 nitrogen and oxygen atoms in total. The van der Waals surface area contributed by atoms with E-state index in [1.165, 1.54) is 6.07 Å². The van der Waals surface area contributed by atoms with Gasteiger partial charge in [-0.25, -0.2) is 4.79 Å². The van der Waals surface area contributed by atoms with Crippen molar-refractivity contribution >= 4 is 35.1 Å². The molecule has 0 spiro atoms. The number of hydrogen-bond acceptors (Lipinski definition) is 3. The summed E-state index contributed by atoms with van der Waals surface area (Å²) in [6.07, 6.45) is 0. The zero-order chi connectivity index (χ0) is 15.8. The van der Waals surface area contributed by atoms with Crippen molar-refractivity contribution in [1.29, 1.82) is 5.26 Å². The number of urea groups is 1. The molecule has 0 aliphatic carbocycles. The van der Waals surface area contributed by atoms with E-state index in [4.69, 9.17) is 28.5 Å². The average molecular weight is 326 g/mol. The van der Waals surface area contributed by atoms with Gasteiger partial charge in [0.05, 0.1) is 12.0 Å². The fourth-order valence-corrected chi connectivity index (χ4v) is 2.85. The van der Waals surface area contributed by atoms with Gasteiger partial charge < -0.3 is 5.32 Å². The van der Waals surface area contributed by atoms with Crippen LogP contribution in [0.5, 0.6) is 0 Å². The van der Waals surface area contributed by atoms with Crippen molar-refractivity contribution in [2.75, 3.05) is 6.54 Å². The number of nitrogens with one attached hydrogen (secondary N) is 1. The molecule has 1 aromatic rings. The summed E-state index contributed by atoms with van der Waals surface area (Å²) < 4.78 is 0. The van der Waals surface area contributed by atoms with E-state index < -0.39 is 23.4 Å². The maximum atomic E-state index is 12.6. The molecule has 0 radical (unpaired) electrons. The van der Waals surface area contributed by atoms with Crippen LogP contribution in [0.3, 0.4) is 0 Å². The number of nitrogens with zero attached hydrogens (tertiary/aromatic N) is 2. The van der Waals surface area contributed by atoms with Crippen molar-refractivity contribution in [3.8, 4) is 6.07 Å². The van der Waals surface area contributed by atoms with E-state index >= 15 is 0 Å². The Balaban J connectivity index is 2.38. The highest BCUT2D eigenvalue weighted by molar-refractivity contribution is 6.35. The van der Waals surface area contributed by atoms with Crippen molar-refractivity contribution in [2.45, 2.75) is 19.4 Å². The predicted molar refractivity (Wildman–Crippen MR) is 78.8 cm³/mol. The first-order valence-corrected chi connectivity index (χ1v) is 7.04. The predicted octanol–water partition coefficient (Wildman–Crippen LogP) is 2.92. The number of carbonyl (C=O) groups excluding carboxylic acids is 2. The van der Waals surface area contributed by atoms with E-state index in [0.29, 0.717) is 15.6 Å². The van der Waals surface area contributed by atoms with Crippen molar-refractivity contribution in [2.24, 2.45) is 5.92 Å². The molecule has 0 saturated carbocycles. The molecule has 1 heterocycles. The largest absolute Gasteiger partial charge is 0.325 e. The minimum atomic E-state index is -1.26. The van der Waals surface area contributed by atoms with Gasteiger partial charge in [-0.3, -0.25) is 9.69 Å². The lowest BCUT2D eigenvalue weighted by Gasteiger charge is -2.23. The first-order valence-electron chi connectivity index (χ1n) is 6.29. The normalized spacial score (nSPS) is 22.9. The number of nitriles is 1. The zero-order valence-corrected chi connectivity index (χ0v) is 13.0. The molecule has 2 rings (SSSR count). The molecule has 110 valence electrons. The molecule has 1 aliphatic rings. The maximum absolute atomic E-state index is 12.6. The maximum Gasteiger partial charge on any atom is 0.325 e. The molecule has 7 heteroatoms. The summed E-state index contributed by atoms with van der Waals surface area (Å²) in [5.74, 6) is -0.874. The van der Waals surface area contributed by atoms with Gasteiger partial charge in [-0.1, -0.05) is 29.3 Å². The molecule has 0 aromatic heterocycles. The van der Waals surface area contributed by atoms with Crippen LogP contribution in [0.15, 0.2) is 18.2 Å².